The Hall–Kier alpha value is -1.48. The Kier molecular flexibility index (Phi) is 8.90. The maximum Gasteiger partial charge on any atom is 0.258 e. The predicted octanol–water partition coefficient (Wildman–Crippen LogP) is 4.35. The highest BCUT2D eigenvalue weighted by atomic mass is 28.4. The Morgan fingerprint density at radius 3 is 1.92 bits per heavy atom. The van der Waals surface area contributed by atoms with Gasteiger partial charge in [-0.1, -0.05) is 101 Å². The van der Waals surface area contributed by atoms with Crippen LogP contribution in [0.25, 0.3) is 0 Å². The Balaban J connectivity index is 2.01. The van der Waals surface area contributed by atoms with Gasteiger partial charge in [-0.2, -0.15) is 0 Å². The quantitative estimate of drug-likeness (QED) is 0.349. The summed E-state index contributed by atoms with van der Waals surface area (Å²) < 4.78 is 13.5. The van der Waals surface area contributed by atoms with Crippen molar-refractivity contribution in [3.8, 4) is 0 Å². The Morgan fingerprint density at radius 1 is 1.00 bits per heavy atom. The molecule has 0 unspecified atom stereocenters. The number of hydrogen-bond acceptors (Lipinski definition) is 4. The first-order valence-corrected chi connectivity index (χ1v) is 18.4. The van der Waals surface area contributed by atoms with Crippen LogP contribution in [0.5, 0.6) is 0 Å². The number of ether oxygens (including phenoxy) is 1. The standard InChI is InChI=1S/C30H47BO4Si2/c1-9-20-30(26(25(32)27(31)34-30)35-36(7,8)28(2,3)4)22-21-29(5,6)37(33,23-16-12-10-13-17-23)24-18-14-11-15-19-24/h9-19,25-27,32-33H,1,20-22,31H2,2-8H3/t25-,26+,27-,30-/m1/s1. The van der Waals surface area contributed by atoms with E-state index in [2.05, 4.69) is 78.6 Å². The molecule has 3 rings (SSSR count). The minimum Gasteiger partial charge on any atom is -0.424 e. The second-order valence-electron chi connectivity index (χ2n) is 13.0. The largest absolute Gasteiger partial charge is 0.424 e. The maximum absolute atomic E-state index is 12.6. The molecule has 1 fully saturated rings. The molecule has 202 valence electrons. The van der Waals surface area contributed by atoms with Gasteiger partial charge in [0, 0.05) is 0 Å². The van der Waals surface area contributed by atoms with E-state index < -0.39 is 39.5 Å². The van der Waals surface area contributed by atoms with E-state index in [1.54, 1.807) is 0 Å². The van der Waals surface area contributed by atoms with Gasteiger partial charge in [0.25, 0.3) is 8.32 Å². The number of rotatable bonds is 10. The summed E-state index contributed by atoms with van der Waals surface area (Å²) in [6.45, 7) is 19.5. The Bertz CT molecular complexity index is 999. The van der Waals surface area contributed by atoms with E-state index in [4.69, 9.17) is 9.16 Å². The first-order valence-electron chi connectivity index (χ1n) is 13.6. The molecule has 0 radical (unpaired) electrons. The average molecular weight is 539 g/mol. The minimum atomic E-state index is -3.17. The fourth-order valence-corrected chi connectivity index (χ4v) is 10.5. The summed E-state index contributed by atoms with van der Waals surface area (Å²) in [5.74, 6) is 0. The lowest BCUT2D eigenvalue weighted by Gasteiger charge is -2.46. The van der Waals surface area contributed by atoms with Crippen LogP contribution >= 0.6 is 0 Å². The van der Waals surface area contributed by atoms with Crippen molar-refractivity contribution >= 4 is 34.9 Å². The van der Waals surface area contributed by atoms with Crippen LogP contribution in [-0.2, 0) is 9.16 Å². The normalized spacial score (nSPS) is 25.3. The molecular formula is C30H47BO4Si2. The second-order valence-corrected chi connectivity index (χ2v) is 21.7. The summed E-state index contributed by atoms with van der Waals surface area (Å²) in [7, 11) is -3.42. The first-order chi connectivity index (χ1) is 17.1. The van der Waals surface area contributed by atoms with Gasteiger partial charge >= 0.3 is 0 Å². The molecule has 4 atom stereocenters. The van der Waals surface area contributed by atoms with Gasteiger partial charge in [-0.25, -0.2) is 0 Å². The summed E-state index contributed by atoms with van der Waals surface area (Å²) in [5.41, 5.74) is -0.698. The van der Waals surface area contributed by atoms with Gasteiger partial charge in [-0.15, -0.1) is 6.58 Å². The second kappa shape index (κ2) is 10.9. The van der Waals surface area contributed by atoms with E-state index in [9.17, 15) is 9.90 Å². The third-order valence-electron chi connectivity index (χ3n) is 8.98. The highest BCUT2D eigenvalue weighted by molar-refractivity contribution is 6.98. The molecule has 1 aliphatic rings. The monoisotopic (exact) mass is 538 g/mol. The molecule has 7 heteroatoms. The van der Waals surface area contributed by atoms with Crippen molar-refractivity contribution in [3.05, 3.63) is 73.3 Å². The van der Waals surface area contributed by atoms with Crippen molar-refractivity contribution in [2.24, 2.45) is 0 Å². The molecule has 1 saturated heterocycles. The number of hydrogen-bond donors (Lipinski definition) is 2. The molecule has 0 amide bonds. The topological polar surface area (TPSA) is 58.9 Å². The summed E-state index contributed by atoms with van der Waals surface area (Å²) in [6, 6.07) is 19.9. The molecule has 1 aliphatic heterocycles. The SMILES string of the molecule is B[C@@H]1O[C@](CC=C)(CCC(C)(C)[Si](O)(c2ccccc2)c2ccccc2)[C@@H](O[Si](C)(C)C(C)(C)C)[C@H]1O. The molecule has 0 spiro atoms. The molecule has 0 aromatic heterocycles. The third-order valence-corrected chi connectivity index (χ3v) is 18.0. The van der Waals surface area contributed by atoms with Gasteiger partial charge in [0.15, 0.2) is 8.32 Å². The molecule has 0 aliphatic carbocycles. The highest BCUT2D eigenvalue weighted by Crippen LogP contribution is 2.48. The van der Waals surface area contributed by atoms with Gasteiger partial charge in [0.05, 0.1) is 17.7 Å². The molecule has 1 heterocycles. The average Bonchev–Trinajstić information content (AvgIpc) is 3.07. The van der Waals surface area contributed by atoms with Crippen LogP contribution in [0.1, 0.15) is 53.9 Å². The van der Waals surface area contributed by atoms with Crippen LogP contribution in [0.3, 0.4) is 0 Å². The highest BCUT2D eigenvalue weighted by Gasteiger charge is 2.57. The minimum absolute atomic E-state index is 0.00548. The fourth-order valence-electron chi connectivity index (χ4n) is 5.46. The van der Waals surface area contributed by atoms with Crippen molar-refractivity contribution in [2.75, 3.05) is 0 Å². The Labute approximate surface area is 227 Å². The van der Waals surface area contributed by atoms with Gasteiger partial charge in [-0.3, -0.25) is 0 Å². The van der Waals surface area contributed by atoms with Gasteiger partial charge in [0.1, 0.15) is 14.0 Å². The van der Waals surface area contributed by atoms with E-state index in [0.29, 0.717) is 19.3 Å². The van der Waals surface area contributed by atoms with E-state index in [1.165, 1.54) is 0 Å². The number of benzene rings is 2. The van der Waals surface area contributed by atoms with Crippen LogP contribution in [0.4, 0.5) is 0 Å². The zero-order chi connectivity index (χ0) is 27.7. The molecule has 2 aromatic carbocycles. The van der Waals surface area contributed by atoms with Crippen LogP contribution in [-0.4, -0.2) is 58.2 Å². The van der Waals surface area contributed by atoms with E-state index in [1.807, 2.05) is 50.3 Å². The number of aliphatic hydroxyl groups excluding tert-OH is 1. The molecule has 2 aromatic rings. The van der Waals surface area contributed by atoms with Crippen molar-refractivity contribution in [1.29, 1.82) is 0 Å². The third kappa shape index (κ3) is 5.77. The van der Waals surface area contributed by atoms with Crippen LogP contribution in [0, 0.1) is 0 Å². The lowest BCUT2D eigenvalue weighted by Crippen LogP contribution is -2.65. The summed E-state index contributed by atoms with van der Waals surface area (Å²) in [4.78, 5) is 12.6. The molecule has 0 bridgehead atoms. The maximum atomic E-state index is 12.6. The molecule has 0 saturated carbocycles. The van der Waals surface area contributed by atoms with Crippen molar-refractivity contribution < 1.29 is 19.1 Å². The smallest absolute Gasteiger partial charge is 0.258 e. The lowest BCUT2D eigenvalue weighted by molar-refractivity contribution is -0.0698. The van der Waals surface area contributed by atoms with Gasteiger partial charge < -0.3 is 19.1 Å². The van der Waals surface area contributed by atoms with Crippen molar-refractivity contribution in [3.63, 3.8) is 0 Å². The molecular weight excluding hydrogens is 491 g/mol. The summed E-state index contributed by atoms with van der Waals surface area (Å²) in [6.07, 6.45) is 2.68. The van der Waals surface area contributed by atoms with Crippen molar-refractivity contribution in [2.45, 2.75) is 101 Å². The van der Waals surface area contributed by atoms with Crippen LogP contribution in [0.2, 0.25) is 23.2 Å². The fraction of sp³-hybridized carbons (Fsp3) is 0.533. The summed E-state index contributed by atoms with van der Waals surface area (Å²) >= 11 is 0. The van der Waals surface area contributed by atoms with E-state index in [0.717, 1.165) is 10.4 Å². The van der Waals surface area contributed by atoms with Crippen LogP contribution in [0.15, 0.2) is 73.3 Å². The van der Waals surface area contributed by atoms with Gasteiger partial charge in [-0.05, 0) is 52.8 Å². The predicted molar refractivity (Wildman–Crippen MR) is 162 cm³/mol. The number of aliphatic hydroxyl groups is 1. The lowest BCUT2D eigenvalue weighted by atomic mass is 9.83. The first kappa shape index (κ1) is 30.1. The molecule has 4 nitrogen and oxygen atoms in total. The zero-order valence-electron chi connectivity index (χ0n) is 24.1. The molecule has 2 N–H and O–H groups in total. The Morgan fingerprint density at radius 2 is 1.49 bits per heavy atom. The van der Waals surface area contributed by atoms with Crippen LogP contribution < -0.4 is 10.4 Å². The van der Waals surface area contributed by atoms with Crippen molar-refractivity contribution in [1.82, 2.24) is 0 Å². The zero-order valence-corrected chi connectivity index (χ0v) is 26.1. The van der Waals surface area contributed by atoms with Gasteiger partial charge in [0.2, 0.25) is 0 Å². The van der Waals surface area contributed by atoms with E-state index >= 15 is 0 Å². The molecule has 37 heavy (non-hydrogen) atoms. The van der Waals surface area contributed by atoms with E-state index in [-0.39, 0.29) is 11.0 Å². The summed E-state index contributed by atoms with van der Waals surface area (Å²) in [5, 5.41) is 12.9.